The summed E-state index contributed by atoms with van der Waals surface area (Å²) in [6.07, 6.45) is -0.953. The minimum Gasteiger partial charge on any atom is -0.497 e. The maximum atomic E-state index is 10.6. The summed E-state index contributed by atoms with van der Waals surface area (Å²) in [6, 6.07) is 10.1. The predicted octanol–water partition coefficient (Wildman–Crippen LogP) is 4.09. The maximum absolute atomic E-state index is 10.6. The number of hydrogen-bond acceptors (Lipinski definition) is 3. The van der Waals surface area contributed by atoms with E-state index in [9.17, 15) is 5.11 Å². The lowest BCUT2D eigenvalue weighted by Crippen LogP contribution is -2.04. The summed E-state index contributed by atoms with van der Waals surface area (Å²) in [7, 11) is 3.10. The maximum Gasteiger partial charge on any atom is 0.125 e. The highest BCUT2D eigenvalue weighted by atomic mass is 35.5. The molecule has 0 saturated heterocycles. The zero-order valence-electron chi connectivity index (χ0n) is 11.1. The van der Waals surface area contributed by atoms with Crippen molar-refractivity contribution in [2.45, 2.75) is 6.10 Å². The summed E-state index contributed by atoms with van der Waals surface area (Å²) in [5, 5.41) is 11.5. The molecule has 0 bridgehead atoms. The summed E-state index contributed by atoms with van der Waals surface area (Å²) < 4.78 is 10.4. The largest absolute Gasteiger partial charge is 0.497 e. The molecule has 1 atom stereocenters. The first-order chi connectivity index (χ1) is 9.56. The Morgan fingerprint density at radius 2 is 1.70 bits per heavy atom. The molecule has 20 heavy (non-hydrogen) atoms. The van der Waals surface area contributed by atoms with Gasteiger partial charge in [-0.3, -0.25) is 0 Å². The monoisotopic (exact) mass is 312 g/mol. The Labute approximate surface area is 127 Å². The summed E-state index contributed by atoms with van der Waals surface area (Å²) in [4.78, 5) is 0. The molecular formula is C15H14Cl2O3. The fourth-order valence-electron chi connectivity index (χ4n) is 1.94. The first-order valence-corrected chi connectivity index (χ1v) is 6.67. The molecule has 0 saturated carbocycles. The van der Waals surface area contributed by atoms with Crippen LogP contribution in [0.15, 0.2) is 36.4 Å². The molecule has 3 nitrogen and oxygen atoms in total. The van der Waals surface area contributed by atoms with E-state index >= 15 is 0 Å². The highest BCUT2D eigenvalue weighted by molar-refractivity contribution is 6.33. The first kappa shape index (κ1) is 15.0. The summed E-state index contributed by atoms with van der Waals surface area (Å²) in [5.41, 5.74) is 1.08. The molecule has 0 aliphatic heterocycles. The molecule has 0 aromatic heterocycles. The van der Waals surface area contributed by atoms with E-state index in [0.29, 0.717) is 32.7 Å². The smallest absolute Gasteiger partial charge is 0.125 e. The first-order valence-electron chi connectivity index (χ1n) is 5.91. The minimum atomic E-state index is -0.953. The van der Waals surface area contributed by atoms with Crippen LogP contribution in [0.5, 0.6) is 11.5 Å². The zero-order chi connectivity index (χ0) is 14.7. The summed E-state index contributed by atoms with van der Waals surface area (Å²) in [5.74, 6) is 1.17. The van der Waals surface area contributed by atoms with Crippen molar-refractivity contribution in [2.75, 3.05) is 14.2 Å². The van der Waals surface area contributed by atoms with Crippen LogP contribution in [0.2, 0.25) is 10.0 Å². The molecule has 106 valence electrons. The minimum absolute atomic E-state index is 0.437. The summed E-state index contributed by atoms with van der Waals surface area (Å²) in [6.45, 7) is 0. The molecule has 0 fully saturated rings. The lowest BCUT2D eigenvalue weighted by atomic mass is 10.0. The van der Waals surface area contributed by atoms with Gasteiger partial charge in [0.15, 0.2) is 0 Å². The van der Waals surface area contributed by atoms with E-state index in [2.05, 4.69) is 0 Å². The highest BCUT2D eigenvalue weighted by Crippen LogP contribution is 2.36. The van der Waals surface area contributed by atoms with Crippen molar-refractivity contribution in [3.8, 4) is 11.5 Å². The number of rotatable bonds is 4. The van der Waals surface area contributed by atoms with E-state index in [1.54, 1.807) is 43.5 Å². The number of benzene rings is 2. The van der Waals surface area contributed by atoms with Gasteiger partial charge in [-0.2, -0.15) is 0 Å². The molecule has 5 heteroatoms. The van der Waals surface area contributed by atoms with Gasteiger partial charge >= 0.3 is 0 Å². The average molecular weight is 313 g/mol. The molecular weight excluding hydrogens is 299 g/mol. The van der Waals surface area contributed by atoms with E-state index in [4.69, 9.17) is 32.7 Å². The van der Waals surface area contributed by atoms with Gasteiger partial charge in [-0.1, -0.05) is 23.2 Å². The Hall–Kier alpha value is -1.42. The molecule has 0 radical (unpaired) electrons. The van der Waals surface area contributed by atoms with Crippen molar-refractivity contribution in [1.82, 2.24) is 0 Å². The number of halogens is 2. The SMILES string of the molecule is COc1ccc(OC)c(C(O)c2cc(Cl)ccc2Cl)c1. The molecule has 0 spiro atoms. The van der Waals surface area contributed by atoms with Crippen molar-refractivity contribution < 1.29 is 14.6 Å². The van der Waals surface area contributed by atoms with Crippen LogP contribution in [0.3, 0.4) is 0 Å². The fourth-order valence-corrected chi connectivity index (χ4v) is 2.35. The lowest BCUT2D eigenvalue weighted by Gasteiger charge is -2.17. The second-order valence-electron chi connectivity index (χ2n) is 4.18. The molecule has 0 aliphatic rings. The van der Waals surface area contributed by atoms with Crippen LogP contribution in [-0.4, -0.2) is 19.3 Å². The van der Waals surface area contributed by atoms with Gasteiger partial charge in [-0.15, -0.1) is 0 Å². The molecule has 2 aromatic carbocycles. The Bertz CT molecular complexity index is 614. The molecule has 2 rings (SSSR count). The van der Waals surface area contributed by atoms with Gasteiger partial charge < -0.3 is 14.6 Å². The van der Waals surface area contributed by atoms with Crippen molar-refractivity contribution in [2.24, 2.45) is 0 Å². The van der Waals surface area contributed by atoms with E-state index in [0.717, 1.165) is 0 Å². The lowest BCUT2D eigenvalue weighted by molar-refractivity contribution is 0.214. The molecule has 2 aromatic rings. The van der Waals surface area contributed by atoms with E-state index in [1.807, 2.05) is 0 Å². The number of aliphatic hydroxyl groups excluding tert-OH is 1. The number of aliphatic hydroxyl groups is 1. The van der Waals surface area contributed by atoms with E-state index < -0.39 is 6.10 Å². The third-order valence-electron chi connectivity index (χ3n) is 2.98. The Morgan fingerprint density at radius 1 is 0.950 bits per heavy atom. The molecule has 0 amide bonds. The van der Waals surface area contributed by atoms with Crippen molar-refractivity contribution in [1.29, 1.82) is 0 Å². The topological polar surface area (TPSA) is 38.7 Å². The van der Waals surface area contributed by atoms with Crippen LogP contribution in [-0.2, 0) is 0 Å². The van der Waals surface area contributed by atoms with Gasteiger partial charge in [0.1, 0.15) is 17.6 Å². The normalized spacial score (nSPS) is 12.1. The van der Waals surface area contributed by atoms with E-state index in [-0.39, 0.29) is 0 Å². The Kier molecular flexibility index (Phi) is 4.76. The third kappa shape index (κ3) is 3.01. The van der Waals surface area contributed by atoms with Crippen molar-refractivity contribution in [3.63, 3.8) is 0 Å². The van der Waals surface area contributed by atoms with Crippen LogP contribution < -0.4 is 9.47 Å². The molecule has 0 aliphatic carbocycles. The van der Waals surface area contributed by atoms with Gasteiger partial charge in [-0.25, -0.2) is 0 Å². The fraction of sp³-hybridized carbons (Fsp3) is 0.200. The number of hydrogen-bond donors (Lipinski definition) is 1. The highest BCUT2D eigenvalue weighted by Gasteiger charge is 2.19. The van der Waals surface area contributed by atoms with Crippen LogP contribution in [0.1, 0.15) is 17.2 Å². The second kappa shape index (κ2) is 6.35. The van der Waals surface area contributed by atoms with Crippen LogP contribution in [0.4, 0.5) is 0 Å². The predicted molar refractivity (Wildman–Crippen MR) is 80.1 cm³/mol. The van der Waals surface area contributed by atoms with Gasteiger partial charge in [0, 0.05) is 21.2 Å². The summed E-state index contributed by atoms with van der Waals surface area (Å²) >= 11 is 12.1. The second-order valence-corrected chi connectivity index (χ2v) is 5.02. The van der Waals surface area contributed by atoms with Crippen LogP contribution in [0.25, 0.3) is 0 Å². The molecule has 0 heterocycles. The van der Waals surface area contributed by atoms with E-state index in [1.165, 1.54) is 7.11 Å². The van der Waals surface area contributed by atoms with Crippen LogP contribution in [0, 0.1) is 0 Å². The van der Waals surface area contributed by atoms with Gasteiger partial charge in [0.25, 0.3) is 0 Å². The average Bonchev–Trinajstić information content (AvgIpc) is 2.48. The zero-order valence-corrected chi connectivity index (χ0v) is 12.6. The number of ether oxygens (including phenoxy) is 2. The quantitative estimate of drug-likeness (QED) is 0.924. The van der Waals surface area contributed by atoms with Crippen LogP contribution >= 0.6 is 23.2 Å². The number of methoxy groups -OCH3 is 2. The van der Waals surface area contributed by atoms with Gasteiger partial charge in [-0.05, 0) is 36.4 Å². The standard InChI is InChI=1S/C15H14Cl2O3/c1-19-10-4-6-14(20-2)12(8-10)15(18)11-7-9(16)3-5-13(11)17/h3-8,15,18H,1-2H3. The van der Waals surface area contributed by atoms with Crippen molar-refractivity contribution >= 4 is 23.2 Å². The molecule has 1 unspecified atom stereocenters. The van der Waals surface area contributed by atoms with Crippen molar-refractivity contribution in [3.05, 3.63) is 57.6 Å². The molecule has 1 N–H and O–H groups in total. The Balaban J connectivity index is 2.51. The third-order valence-corrected chi connectivity index (χ3v) is 3.56. The van der Waals surface area contributed by atoms with Gasteiger partial charge in [0.2, 0.25) is 0 Å². The Morgan fingerprint density at radius 3 is 2.35 bits per heavy atom. The van der Waals surface area contributed by atoms with Gasteiger partial charge in [0.05, 0.1) is 14.2 Å².